The lowest BCUT2D eigenvalue weighted by Gasteiger charge is -2.10. The van der Waals surface area contributed by atoms with Gasteiger partial charge >= 0.3 is 0 Å². The van der Waals surface area contributed by atoms with E-state index >= 15 is 0 Å². The molecule has 0 aliphatic carbocycles. The first-order valence-corrected chi connectivity index (χ1v) is 11.4. The van der Waals surface area contributed by atoms with Crippen LogP contribution in [0.5, 0.6) is 5.75 Å². The molecule has 0 atom stereocenters. The van der Waals surface area contributed by atoms with Crippen LogP contribution in [0.4, 0.5) is 0 Å². The molecule has 0 aliphatic heterocycles. The monoisotopic (exact) mass is 475 g/mol. The number of benzene rings is 3. The summed E-state index contributed by atoms with van der Waals surface area (Å²) in [6, 6.07) is 25.1. The topological polar surface area (TPSA) is 78.9 Å². The van der Waals surface area contributed by atoms with Crippen LogP contribution in [-0.2, 0) is 5.75 Å². The van der Waals surface area contributed by atoms with Crippen molar-refractivity contribution < 1.29 is 9.15 Å². The Labute approximate surface area is 199 Å². The smallest absolute Gasteiger partial charge is 0.249 e. The molecule has 5 rings (SSSR count). The van der Waals surface area contributed by atoms with Crippen LogP contribution in [0.3, 0.4) is 0 Å². The molecule has 0 fully saturated rings. The van der Waals surface area contributed by atoms with Gasteiger partial charge in [0.15, 0.2) is 11.0 Å². The van der Waals surface area contributed by atoms with Crippen molar-refractivity contribution >= 4 is 23.4 Å². The Bertz CT molecular complexity index is 1370. The van der Waals surface area contributed by atoms with E-state index in [2.05, 4.69) is 20.4 Å². The van der Waals surface area contributed by atoms with Gasteiger partial charge in [-0.3, -0.25) is 4.57 Å². The Hall–Kier alpha value is -3.62. The maximum absolute atomic E-state index is 6.25. The van der Waals surface area contributed by atoms with Crippen LogP contribution in [0.15, 0.2) is 88.4 Å². The van der Waals surface area contributed by atoms with Gasteiger partial charge in [0.1, 0.15) is 5.75 Å². The molecule has 9 heteroatoms. The minimum atomic E-state index is 0.389. The van der Waals surface area contributed by atoms with Crippen molar-refractivity contribution in [3.63, 3.8) is 0 Å². The van der Waals surface area contributed by atoms with E-state index in [9.17, 15) is 0 Å². The number of para-hydroxylation sites is 1. The number of nitrogens with zero attached hydrogens (tertiary/aromatic N) is 5. The van der Waals surface area contributed by atoms with E-state index in [0.29, 0.717) is 33.3 Å². The number of hydrogen-bond donors (Lipinski definition) is 0. The van der Waals surface area contributed by atoms with Gasteiger partial charge in [0.05, 0.1) is 23.4 Å². The number of rotatable bonds is 7. The van der Waals surface area contributed by atoms with Gasteiger partial charge in [0.25, 0.3) is 0 Å². The van der Waals surface area contributed by atoms with E-state index in [1.54, 1.807) is 13.2 Å². The lowest BCUT2D eigenvalue weighted by atomic mass is 10.2. The summed E-state index contributed by atoms with van der Waals surface area (Å²) in [5.74, 6) is 2.81. The zero-order valence-corrected chi connectivity index (χ0v) is 19.1. The highest BCUT2D eigenvalue weighted by atomic mass is 35.5. The van der Waals surface area contributed by atoms with Crippen LogP contribution in [-0.4, -0.2) is 32.1 Å². The first-order chi connectivity index (χ1) is 16.2. The maximum atomic E-state index is 6.25. The van der Waals surface area contributed by atoms with E-state index in [-0.39, 0.29) is 0 Å². The third-order valence-electron chi connectivity index (χ3n) is 4.89. The highest BCUT2D eigenvalue weighted by Crippen LogP contribution is 2.31. The van der Waals surface area contributed by atoms with Gasteiger partial charge in [0.2, 0.25) is 11.8 Å². The molecule has 0 amide bonds. The van der Waals surface area contributed by atoms with Crippen molar-refractivity contribution in [2.75, 3.05) is 7.11 Å². The molecule has 0 aliphatic rings. The molecule has 0 saturated heterocycles. The fourth-order valence-electron chi connectivity index (χ4n) is 3.28. The van der Waals surface area contributed by atoms with Crippen LogP contribution >= 0.6 is 23.4 Å². The molecule has 0 spiro atoms. The number of thioether (sulfide) groups is 1. The summed E-state index contributed by atoms with van der Waals surface area (Å²) in [7, 11) is 1.64. The van der Waals surface area contributed by atoms with Gasteiger partial charge in [0, 0.05) is 11.3 Å². The zero-order valence-electron chi connectivity index (χ0n) is 17.6. The van der Waals surface area contributed by atoms with Crippen molar-refractivity contribution in [2.24, 2.45) is 0 Å². The van der Waals surface area contributed by atoms with Gasteiger partial charge in [-0.2, -0.15) is 0 Å². The first-order valence-electron chi connectivity index (χ1n) is 10.1. The molecule has 3 aromatic carbocycles. The normalized spacial score (nSPS) is 11.0. The van der Waals surface area contributed by atoms with Gasteiger partial charge in [-0.05, 0) is 48.5 Å². The van der Waals surface area contributed by atoms with Crippen molar-refractivity contribution in [3.05, 3.63) is 89.8 Å². The van der Waals surface area contributed by atoms with Gasteiger partial charge in [-0.1, -0.05) is 53.7 Å². The molecular formula is C24H18ClN5O2S. The number of ether oxygens (including phenoxy) is 1. The molecule has 7 nitrogen and oxygen atoms in total. The van der Waals surface area contributed by atoms with E-state index < -0.39 is 0 Å². The third kappa shape index (κ3) is 4.48. The summed E-state index contributed by atoms with van der Waals surface area (Å²) >= 11 is 7.71. The Morgan fingerprint density at radius 1 is 0.879 bits per heavy atom. The van der Waals surface area contributed by atoms with Gasteiger partial charge < -0.3 is 9.15 Å². The molecular weight excluding hydrogens is 458 g/mol. The Morgan fingerprint density at radius 3 is 2.39 bits per heavy atom. The summed E-state index contributed by atoms with van der Waals surface area (Å²) in [6.45, 7) is 0. The molecule has 164 valence electrons. The molecule has 2 heterocycles. The summed E-state index contributed by atoms with van der Waals surface area (Å²) in [6.07, 6.45) is 0. The number of halogens is 1. The Morgan fingerprint density at radius 2 is 1.64 bits per heavy atom. The predicted molar refractivity (Wildman–Crippen MR) is 128 cm³/mol. The summed E-state index contributed by atoms with van der Waals surface area (Å²) in [5.41, 5.74) is 2.59. The summed E-state index contributed by atoms with van der Waals surface area (Å²) < 4.78 is 13.1. The lowest BCUT2D eigenvalue weighted by molar-refractivity contribution is 0.415. The van der Waals surface area contributed by atoms with Crippen LogP contribution in [0, 0.1) is 0 Å². The summed E-state index contributed by atoms with van der Waals surface area (Å²) in [4.78, 5) is 0. The average Bonchev–Trinajstić information content (AvgIpc) is 3.51. The van der Waals surface area contributed by atoms with Crippen molar-refractivity contribution in [1.82, 2.24) is 25.0 Å². The minimum absolute atomic E-state index is 0.389. The Kier molecular flexibility index (Phi) is 6.10. The van der Waals surface area contributed by atoms with E-state index in [0.717, 1.165) is 22.8 Å². The van der Waals surface area contributed by atoms with Crippen molar-refractivity contribution in [1.29, 1.82) is 0 Å². The van der Waals surface area contributed by atoms with Crippen LogP contribution in [0.25, 0.3) is 28.5 Å². The highest BCUT2D eigenvalue weighted by Gasteiger charge is 2.18. The maximum Gasteiger partial charge on any atom is 0.249 e. The van der Waals surface area contributed by atoms with Crippen molar-refractivity contribution in [3.8, 4) is 34.3 Å². The Balaban J connectivity index is 1.44. The molecule has 5 aromatic rings. The van der Waals surface area contributed by atoms with Crippen LogP contribution in [0.1, 0.15) is 5.89 Å². The standard InChI is InChI=1S/C24H18ClN5O2S/c1-31-18-13-11-16(12-14-18)22-27-29-24(30(22)17-7-3-2-4-8-17)33-15-21-26-28-23(32-21)19-9-5-6-10-20(19)25/h2-14H,15H2,1H3. The van der Waals surface area contributed by atoms with E-state index in [1.807, 2.05) is 77.4 Å². The quantitative estimate of drug-likeness (QED) is 0.269. The fraction of sp³-hybridized carbons (Fsp3) is 0.0833. The first kappa shape index (κ1) is 21.2. The van der Waals surface area contributed by atoms with E-state index in [4.69, 9.17) is 20.8 Å². The average molecular weight is 476 g/mol. The molecule has 0 radical (unpaired) electrons. The minimum Gasteiger partial charge on any atom is -0.497 e. The molecule has 2 aromatic heterocycles. The number of methoxy groups -OCH3 is 1. The molecule has 0 N–H and O–H groups in total. The molecule has 33 heavy (non-hydrogen) atoms. The fourth-order valence-corrected chi connectivity index (χ4v) is 4.29. The van der Waals surface area contributed by atoms with Gasteiger partial charge in [-0.15, -0.1) is 20.4 Å². The predicted octanol–water partition coefficient (Wildman–Crippen LogP) is 5.94. The van der Waals surface area contributed by atoms with Crippen LogP contribution < -0.4 is 4.74 Å². The number of aromatic nitrogens is 5. The molecule has 0 bridgehead atoms. The number of hydrogen-bond acceptors (Lipinski definition) is 7. The molecule has 0 saturated carbocycles. The van der Waals surface area contributed by atoms with E-state index in [1.165, 1.54) is 11.8 Å². The SMILES string of the molecule is COc1ccc(-c2nnc(SCc3nnc(-c4ccccc4Cl)o3)n2-c2ccccc2)cc1. The second-order valence-corrected chi connectivity index (χ2v) is 8.32. The van der Waals surface area contributed by atoms with Crippen LogP contribution in [0.2, 0.25) is 5.02 Å². The van der Waals surface area contributed by atoms with Gasteiger partial charge in [-0.25, -0.2) is 0 Å². The third-order valence-corrected chi connectivity index (χ3v) is 6.14. The second kappa shape index (κ2) is 9.48. The largest absolute Gasteiger partial charge is 0.497 e. The highest BCUT2D eigenvalue weighted by molar-refractivity contribution is 7.98. The second-order valence-electron chi connectivity index (χ2n) is 6.98. The molecule has 0 unspecified atom stereocenters. The zero-order chi connectivity index (χ0) is 22.6. The van der Waals surface area contributed by atoms with Crippen molar-refractivity contribution in [2.45, 2.75) is 10.9 Å². The lowest BCUT2D eigenvalue weighted by Crippen LogP contribution is -1.99. The summed E-state index contributed by atoms with van der Waals surface area (Å²) in [5, 5.41) is 18.5.